The number of nitrogen functional groups attached to an aromatic ring is 1. The zero-order valence-corrected chi connectivity index (χ0v) is 25.1. The van der Waals surface area contributed by atoms with E-state index in [1.165, 1.54) is 0 Å². The van der Waals surface area contributed by atoms with Gasteiger partial charge in [-0.3, -0.25) is 4.79 Å². The fraction of sp³-hybridized carbons (Fsp3) is 0.118. The average Bonchev–Trinajstić information content (AvgIpc) is 3.65. The van der Waals surface area contributed by atoms with Crippen molar-refractivity contribution in [3.05, 3.63) is 107 Å². The molecule has 2 aromatic heterocycles. The summed E-state index contributed by atoms with van der Waals surface area (Å²) in [6, 6.07) is 23.8. The Morgan fingerprint density at radius 1 is 0.936 bits per heavy atom. The lowest BCUT2D eigenvalue weighted by Gasteiger charge is -2.35. The van der Waals surface area contributed by atoms with Gasteiger partial charge in [0.25, 0.3) is 0 Å². The van der Waals surface area contributed by atoms with Crippen molar-refractivity contribution in [1.29, 1.82) is 5.26 Å². The second-order valence-electron chi connectivity index (χ2n) is 11.0. The van der Waals surface area contributed by atoms with Crippen LogP contribution in [0.2, 0.25) is 0 Å². The molecule has 4 N–H and O–H groups in total. The van der Waals surface area contributed by atoms with Crippen LogP contribution in [0.1, 0.15) is 16.8 Å². The van der Waals surface area contributed by atoms with Crippen molar-refractivity contribution in [2.45, 2.75) is 12.0 Å². The minimum Gasteiger partial charge on any atom is -0.497 e. The third-order valence-corrected chi connectivity index (χ3v) is 8.66. The summed E-state index contributed by atoms with van der Waals surface area (Å²) in [5.74, 6) is 0.583. The number of methoxy groups -OCH3 is 2. The fourth-order valence-corrected chi connectivity index (χ4v) is 6.62. The Kier molecular flexibility index (Phi) is 6.03. The molecular formula is C34H25N9O4. The Hall–Kier alpha value is -6.68. The first-order valence-corrected chi connectivity index (χ1v) is 14.5. The predicted molar refractivity (Wildman–Crippen MR) is 172 cm³/mol. The van der Waals surface area contributed by atoms with Gasteiger partial charge in [0.05, 0.1) is 66.0 Å². The van der Waals surface area contributed by atoms with E-state index < -0.39 is 11.3 Å². The Labute approximate surface area is 267 Å². The average molecular weight is 624 g/mol. The topological polar surface area (TPSA) is 180 Å². The summed E-state index contributed by atoms with van der Waals surface area (Å²) in [7, 11) is 3.12. The van der Waals surface area contributed by atoms with Gasteiger partial charge in [-0.1, -0.05) is 35.5 Å². The van der Waals surface area contributed by atoms with Crippen LogP contribution in [0.15, 0.2) is 90.4 Å². The SMILES string of the molecule is COc1ccc(OC)c(-n2nncc2CN2C(=O)C3(C(C#N)=C(N)Oc4c(N)cc5nc6ccccc6nc5c43)c3ccccc32)c1. The highest BCUT2D eigenvalue weighted by atomic mass is 16.5. The van der Waals surface area contributed by atoms with Gasteiger partial charge in [0.1, 0.15) is 34.2 Å². The highest BCUT2D eigenvalue weighted by Crippen LogP contribution is 2.58. The van der Waals surface area contributed by atoms with Crippen LogP contribution < -0.4 is 30.6 Å². The Morgan fingerprint density at radius 3 is 2.47 bits per heavy atom. The number of hydrogen-bond acceptors (Lipinski definition) is 11. The van der Waals surface area contributed by atoms with E-state index in [4.69, 9.17) is 35.6 Å². The summed E-state index contributed by atoms with van der Waals surface area (Å²) < 4.78 is 18.7. The number of benzene rings is 4. The molecule has 2 aliphatic heterocycles. The van der Waals surface area contributed by atoms with Crippen molar-refractivity contribution < 1.29 is 19.0 Å². The summed E-state index contributed by atoms with van der Waals surface area (Å²) in [6.07, 6.45) is 1.57. The van der Waals surface area contributed by atoms with Gasteiger partial charge < -0.3 is 30.6 Å². The van der Waals surface area contributed by atoms with Gasteiger partial charge >= 0.3 is 0 Å². The molecule has 0 fully saturated rings. The number of amides is 1. The molecule has 8 rings (SSSR count). The van der Waals surface area contributed by atoms with E-state index in [1.54, 1.807) is 66.4 Å². The molecule has 1 atom stereocenters. The highest BCUT2D eigenvalue weighted by Gasteiger charge is 2.60. The number of rotatable bonds is 5. The number of fused-ring (bicyclic) bond motifs is 7. The number of nitriles is 1. The van der Waals surface area contributed by atoms with Crippen molar-refractivity contribution in [2.75, 3.05) is 24.9 Å². The normalized spacial score (nSPS) is 16.7. The van der Waals surface area contributed by atoms with E-state index >= 15 is 4.79 Å². The lowest BCUT2D eigenvalue weighted by atomic mass is 9.68. The molecule has 6 aromatic rings. The van der Waals surface area contributed by atoms with Gasteiger partial charge in [0.2, 0.25) is 11.8 Å². The van der Waals surface area contributed by atoms with Crippen molar-refractivity contribution >= 4 is 39.3 Å². The maximum Gasteiger partial charge on any atom is 0.248 e. The maximum absolute atomic E-state index is 15.3. The maximum atomic E-state index is 15.3. The van der Waals surface area contributed by atoms with Crippen LogP contribution in [0.4, 0.5) is 11.4 Å². The summed E-state index contributed by atoms with van der Waals surface area (Å²) >= 11 is 0. The molecule has 0 radical (unpaired) electrons. The van der Waals surface area contributed by atoms with Crippen LogP contribution >= 0.6 is 0 Å². The summed E-state index contributed by atoms with van der Waals surface area (Å²) in [5, 5.41) is 19.1. The molecule has 4 heterocycles. The van der Waals surface area contributed by atoms with E-state index in [9.17, 15) is 5.26 Å². The van der Waals surface area contributed by atoms with E-state index in [-0.39, 0.29) is 29.4 Å². The van der Waals surface area contributed by atoms with Crippen molar-refractivity contribution in [1.82, 2.24) is 25.0 Å². The molecule has 230 valence electrons. The van der Waals surface area contributed by atoms with E-state index in [0.717, 1.165) is 0 Å². The minimum absolute atomic E-state index is 0.0224. The van der Waals surface area contributed by atoms with Gasteiger partial charge in [-0.15, -0.1) is 5.10 Å². The molecule has 0 saturated heterocycles. The molecule has 0 saturated carbocycles. The largest absolute Gasteiger partial charge is 0.497 e. The zero-order valence-electron chi connectivity index (χ0n) is 25.1. The standard InChI is InChI=1S/C34H25N9O4/c1-45-19-11-12-28(46-2)27(13-19)43-18(16-38-41-43)17-42-26-10-6-3-7-20(26)34(33(42)44)21(15-35)32(37)47-31-22(36)14-25-30(29(31)34)40-24-9-5-4-8-23(24)39-25/h3-14,16H,17,36-37H2,1-2H3. The number of hydrogen-bond donors (Lipinski definition) is 2. The quantitative estimate of drug-likeness (QED) is 0.210. The smallest absolute Gasteiger partial charge is 0.248 e. The third kappa shape index (κ3) is 3.78. The Morgan fingerprint density at radius 2 is 1.70 bits per heavy atom. The summed E-state index contributed by atoms with van der Waals surface area (Å²) in [5.41, 5.74) is 16.0. The number of carbonyl (C=O) groups excluding carboxylic acids is 1. The van der Waals surface area contributed by atoms with Crippen LogP contribution in [0.3, 0.4) is 0 Å². The molecule has 13 heteroatoms. The second kappa shape index (κ2) is 10.2. The van der Waals surface area contributed by atoms with Gasteiger partial charge in [0.15, 0.2) is 5.75 Å². The van der Waals surface area contributed by atoms with Crippen molar-refractivity contribution in [3.8, 4) is 29.0 Å². The van der Waals surface area contributed by atoms with Gasteiger partial charge in [-0.2, -0.15) is 5.26 Å². The molecule has 4 aromatic carbocycles. The molecule has 0 bridgehead atoms. The van der Waals surface area contributed by atoms with Crippen LogP contribution in [-0.2, 0) is 16.8 Å². The molecule has 13 nitrogen and oxygen atoms in total. The number of nitrogens with zero attached hydrogens (tertiary/aromatic N) is 7. The van der Waals surface area contributed by atoms with E-state index in [0.29, 0.717) is 61.8 Å². The van der Waals surface area contributed by atoms with Gasteiger partial charge in [0, 0.05) is 17.3 Å². The lowest BCUT2D eigenvalue weighted by Crippen LogP contribution is -2.46. The number of ether oxygens (including phenoxy) is 3. The van der Waals surface area contributed by atoms with Crippen molar-refractivity contribution in [3.63, 3.8) is 0 Å². The second-order valence-corrected chi connectivity index (χ2v) is 11.0. The van der Waals surface area contributed by atoms with Gasteiger partial charge in [-0.05, 0) is 36.4 Å². The Balaban J connectivity index is 1.38. The molecule has 1 amide bonds. The number of para-hydroxylation sites is 3. The third-order valence-electron chi connectivity index (χ3n) is 8.66. The Bertz CT molecular complexity index is 2380. The van der Waals surface area contributed by atoms with Crippen LogP contribution in [0, 0.1) is 11.3 Å². The van der Waals surface area contributed by atoms with Crippen molar-refractivity contribution in [2.24, 2.45) is 5.73 Å². The van der Waals surface area contributed by atoms with Gasteiger partial charge in [-0.25, -0.2) is 14.6 Å². The predicted octanol–water partition coefficient (Wildman–Crippen LogP) is 3.88. The number of nitrogens with two attached hydrogens (primary N) is 2. The number of anilines is 2. The molecular weight excluding hydrogens is 598 g/mol. The highest BCUT2D eigenvalue weighted by molar-refractivity contribution is 6.16. The molecule has 0 aliphatic carbocycles. The zero-order chi connectivity index (χ0) is 32.4. The molecule has 1 unspecified atom stereocenters. The van der Waals surface area contributed by atoms with E-state index in [1.807, 2.05) is 36.4 Å². The number of carbonyl (C=O) groups is 1. The van der Waals surface area contributed by atoms with Crippen LogP contribution in [0.5, 0.6) is 17.2 Å². The lowest BCUT2D eigenvalue weighted by molar-refractivity contribution is -0.121. The van der Waals surface area contributed by atoms with Crippen LogP contribution in [0.25, 0.3) is 27.8 Å². The summed E-state index contributed by atoms with van der Waals surface area (Å²) in [4.78, 5) is 26.6. The molecule has 1 spiro atoms. The first-order chi connectivity index (χ1) is 22.9. The van der Waals surface area contributed by atoms with E-state index in [2.05, 4.69) is 16.4 Å². The fourth-order valence-electron chi connectivity index (χ4n) is 6.62. The van der Waals surface area contributed by atoms with Crippen LogP contribution in [-0.4, -0.2) is 45.1 Å². The first-order valence-electron chi connectivity index (χ1n) is 14.5. The first kappa shape index (κ1) is 27.8. The number of aromatic nitrogens is 5. The minimum atomic E-state index is -1.75. The molecule has 2 aliphatic rings. The monoisotopic (exact) mass is 623 g/mol. The molecule has 47 heavy (non-hydrogen) atoms. The summed E-state index contributed by atoms with van der Waals surface area (Å²) in [6.45, 7) is 0.0224.